The van der Waals surface area contributed by atoms with Gasteiger partial charge in [0, 0.05) is 25.4 Å². The summed E-state index contributed by atoms with van der Waals surface area (Å²) in [5, 5.41) is 17.7. The van der Waals surface area contributed by atoms with Gasteiger partial charge < -0.3 is 10.1 Å². The van der Waals surface area contributed by atoms with Gasteiger partial charge in [0.15, 0.2) is 0 Å². The number of pyridine rings is 1. The van der Waals surface area contributed by atoms with Gasteiger partial charge in [-0.25, -0.2) is 0 Å². The molecule has 0 amide bonds. The molecule has 1 N–H and O–H groups in total. The smallest absolute Gasteiger partial charge is 0.311 e. The molecule has 0 fully saturated rings. The van der Waals surface area contributed by atoms with Crippen molar-refractivity contribution in [3.63, 3.8) is 0 Å². The molecule has 0 bridgehead atoms. The van der Waals surface area contributed by atoms with Gasteiger partial charge in [0.1, 0.15) is 0 Å². The Labute approximate surface area is 102 Å². The van der Waals surface area contributed by atoms with E-state index in [0.717, 1.165) is 0 Å². The first-order valence-electron chi connectivity index (χ1n) is 5.05. The number of hydrogen-bond donors (Lipinski definition) is 1. The summed E-state index contributed by atoms with van der Waals surface area (Å²) in [5.74, 6) is 0.416. The van der Waals surface area contributed by atoms with Crippen LogP contribution in [0, 0.1) is 10.1 Å². The normalized spacial score (nSPS) is 10.1. The van der Waals surface area contributed by atoms with Crippen LogP contribution in [-0.4, -0.2) is 26.8 Å². The third kappa shape index (κ3) is 2.37. The van der Waals surface area contributed by atoms with Gasteiger partial charge in [-0.15, -0.1) is 0 Å². The molecular formula is C10H11N5O3. The minimum Gasteiger partial charge on any atom is -0.481 e. The Hall–Kier alpha value is -2.64. The summed E-state index contributed by atoms with van der Waals surface area (Å²) in [6.07, 6.45) is 3.23. The first-order chi connectivity index (χ1) is 8.60. The van der Waals surface area contributed by atoms with Crippen molar-refractivity contribution in [3.05, 3.63) is 34.6 Å². The Morgan fingerprint density at radius 3 is 2.83 bits per heavy atom. The Balaban J connectivity index is 2.37. The number of hydrogen-bond acceptors (Lipinski definition) is 6. The van der Waals surface area contributed by atoms with E-state index in [4.69, 9.17) is 4.74 Å². The third-order valence-electron chi connectivity index (χ3n) is 2.22. The first-order valence-corrected chi connectivity index (χ1v) is 5.05. The zero-order valence-corrected chi connectivity index (χ0v) is 9.82. The van der Waals surface area contributed by atoms with Crippen LogP contribution in [-0.2, 0) is 7.05 Å². The number of nitro groups is 1. The van der Waals surface area contributed by atoms with Crippen molar-refractivity contribution in [2.75, 3.05) is 12.4 Å². The number of anilines is 2. The summed E-state index contributed by atoms with van der Waals surface area (Å²) in [6.45, 7) is 0. The van der Waals surface area contributed by atoms with Crippen LogP contribution in [0.3, 0.4) is 0 Å². The molecule has 2 heterocycles. The Morgan fingerprint density at radius 1 is 1.50 bits per heavy atom. The van der Waals surface area contributed by atoms with Crippen molar-refractivity contribution in [3.8, 4) is 5.88 Å². The van der Waals surface area contributed by atoms with Crippen LogP contribution >= 0.6 is 0 Å². The predicted octanol–water partition coefficient (Wildman–Crippen LogP) is 1.48. The van der Waals surface area contributed by atoms with Crippen molar-refractivity contribution in [2.45, 2.75) is 0 Å². The van der Waals surface area contributed by atoms with Crippen LogP contribution in [0.5, 0.6) is 5.88 Å². The molecular weight excluding hydrogens is 238 g/mol. The van der Waals surface area contributed by atoms with E-state index in [1.54, 1.807) is 24.1 Å². The fraction of sp³-hybridized carbons (Fsp3) is 0.200. The van der Waals surface area contributed by atoms with E-state index in [0.29, 0.717) is 11.6 Å². The topological polar surface area (TPSA) is 95.1 Å². The van der Waals surface area contributed by atoms with Gasteiger partial charge in [0.25, 0.3) is 0 Å². The Kier molecular flexibility index (Phi) is 3.09. The molecule has 0 aliphatic carbocycles. The molecule has 0 aliphatic rings. The molecule has 2 rings (SSSR count). The maximum atomic E-state index is 10.9. The van der Waals surface area contributed by atoms with Crippen molar-refractivity contribution in [1.29, 1.82) is 0 Å². The molecule has 8 heteroatoms. The molecule has 0 saturated heterocycles. The fourth-order valence-corrected chi connectivity index (χ4v) is 1.41. The average Bonchev–Trinajstić information content (AvgIpc) is 2.74. The number of aryl methyl sites for hydroxylation is 1. The van der Waals surface area contributed by atoms with Crippen molar-refractivity contribution >= 4 is 17.2 Å². The highest BCUT2D eigenvalue weighted by atomic mass is 16.6. The number of nitrogens with one attached hydrogen (secondary N) is 1. The van der Waals surface area contributed by atoms with Crippen molar-refractivity contribution in [1.82, 2.24) is 14.8 Å². The lowest BCUT2D eigenvalue weighted by molar-refractivity contribution is -0.384. The molecule has 0 atom stereocenters. The third-order valence-corrected chi connectivity index (χ3v) is 2.22. The Morgan fingerprint density at radius 2 is 2.28 bits per heavy atom. The number of aromatic nitrogens is 3. The van der Waals surface area contributed by atoms with E-state index in [1.165, 1.54) is 19.2 Å². The second-order valence-corrected chi connectivity index (χ2v) is 3.51. The van der Waals surface area contributed by atoms with Crippen LogP contribution in [0.2, 0.25) is 0 Å². The molecule has 0 spiro atoms. The highest BCUT2D eigenvalue weighted by molar-refractivity contribution is 5.65. The van der Waals surface area contributed by atoms with E-state index in [1.807, 2.05) is 0 Å². The standard InChI is InChI=1S/C10H11N5O3/c1-14-6-7(5-11-14)12-10-8(15(16)17)3-4-9(13-10)18-2/h3-6H,1-2H3,(H,12,13). The van der Waals surface area contributed by atoms with E-state index >= 15 is 0 Å². The maximum absolute atomic E-state index is 10.9. The molecule has 0 aromatic carbocycles. The van der Waals surface area contributed by atoms with Crippen molar-refractivity contribution in [2.24, 2.45) is 7.05 Å². The van der Waals surface area contributed by atoms with Gasteiger partial charge in [0.2, 0.25) is 11.7 Å². The van der Waals surface area contributed by atoms with Gasteiger partial charge in [-0.05, 0) is 0 Å². The molecule has 94 valence electrons. The summed E-state index contributed by atoms with van der Waals surface area (Å²) in [7, 11) is 3.20. The van der Waals surface area contributed by atoms with Crippen LogP contribution < -0.4 is 10.1 Å². The molecule has 8 nitrogen and oxygen atoms in total. The van der Waals surface area contributed by atoms with Gasteiger partial charge in [0.05, 0.1) is 23.9 Å². The maximum Gasteiger partial charge on any atom is 0.311 e. The predicted molar refractivity (Wildman–Crippen MR) is 63.9 cm³/mol. The average molecular weight is 249 g/mol. The summed E-state index contributed by atoms with van der Waals surface area (Å²) in [6, 6.07) is 2.77. The molecule has 2 aromatic rings. The number of ether oxygens (including phenoxy) is 1. The lowest BCUT2D eigenvalue weighted by Crippen LogP contribution is -2.00. The highest BCUT2D eigenvalue weighted by Crippen LogP contribution is 2.27. The zero-order chi connectivity index (χ0) is 13.1. The highest BCUT2D eigenvalue weighted by Gasteiger charge is 2.16. The lowest BCUT2D eigenvalue weighted by Gasteiger charge is -2.05. The lowest BCUT2D eigenvalue weighted by atomic mass is 10.3. The van der Waals surface area contributed by atoms with E-state index in [2.05, 4.69) is 15.4 Å². The summed E-state index contributed by atoms with van der Waals surface area (Å²) >= 11 is 0. The minimum absolute atomic E-state index is 0.118. The second-order valence-electron chi connectivity index (χ2n) is 3.51. The number of nitrogens with zero attached hydrogens (tertiary/aromatic N) is 4. The Bertz CT molecular complexity index is 581. The van der Waals surface area contributed by atoms with Gasteiger partial charge in [-0.3, -0.25) is 14.8 Å². The van der Waals surface area contributed by atoms with Crippen LogP contribution in [0.25, 0.3) is 0 Å². The van der Waals surface area contributed by atoms with Gasteiger partial charge >= 0.3 is 5.69 Å². The SMILES string of the molecule is COc1ccc([N+](=O)[O-])c(Nc2cnn(C)c2)n1. The minimum atomic E-state index is -0.509. The van der Waals surface area contributed by atoms with Crippen LogP contribution in [0.4, 0.5) is 17.2 Å². The monoisotopic (exact) mass is 249 g/mol. The molecule has 0 aliphatic heterocycles. The second kappa shape index (κ2) is 4.70. The number of rotatable bonds is 4. The molecule has 2 aromatic heterocycles. The van der Waals surface area contributed by atoms with E-state index < -0.39 is 4.92 Å². The summed E-state index contributed by atoms with van der Waals surface area (Å²) < 4.78 is 6.52. The van der Waals surface area contributed by atoms with Crippen LogP contribution in [0.15, 0.2) is 24.5 Å². The van der Waals surface area contributed by atoms with E-state index in [9.17, 15) is 10.1 Å². The first kappa shape index (κ1) is 11.8. The molecule has 0 saturated carbocycles. The quantitative estimate of drug-likeness (QED) is 0.651. The summed E-state index contributed by atoms with van der Waals surface area (Å²) in [4.78, 5) is 14.4. The number of methoxy groups -OCH3 is 1. The van der Waals surface area contributed by atoms with E-state index in [-0.39, 0.29) is 11.5 Å². The molecule has 0 unspecified atom stereocenters. The molecule has 18 heavy (non-hydrogen) atoms. The summed E-state index contributed by atoms with van der Waals surface area (Å²) in [5.41, 5.74) is 0.487. The fourth-order valence-electron chi connectivity index (χ4n) is 1.41. The zero-order valence-electron chi connectivity index (χ0n) is 9.82. The van der Waals surface area contributed by atoms with Gasteiger partial charge in [-0.1, -0.05) is 0 Å². The van der Waals surface area contributed by atoms with Crippen molar-refractivity contribution < 1.29 is 9.66 Å². The molecule has 0 radical (unpaired) electrons. The van der Waals surface area contributed by atoms with Gasteiger partial charge in [-0.2, -0.15) is 10.1 Å². The largest absolute Gasteiger partial charge is 0.481 e. The van der Waals surface area contributed by atoms with Crippen LogP contribution in [0.1, 0.15) is 0 Å².